The van der Waals surface area contributed by atoms with Crippen LogP contribution in [0.25, 0.3) is 98.8 Å². The van der Waals surface area contributed by atoms with Gasteiger partial charge in [-0.1, -0.05) is 194 Å². The molecule has 0 unspecified atom stereocenters. The molecule has 2 nitrogen and oxygen atoms in total. The average Bonchev–Trinajstić information content (AvgIpc) is 3.74. The van der Waals surface area contributed by atoms with Gasteiger partial charge in [0.1, 0.15) is 11.2 Å². The molecule has 0 radical (unpaired) electrons. The molecule has 62 heavy (non-hydrogen) atoms. The van der Waals surface area contributed by atoms with Crippen molar-refractivity contribution < 1.29 is 4.42 Å². The molecule has 2 heteroatoms. The highest BCUT2D eigenvalue weighted by Gasteiger charge is 2.19. The van der Waals surface area contributed by atoms with E-state index in [0.717, 1.165) is 61.3 Å². The zero-order valence-electron chi connectivity index (χ0n) is 33.9. The van der Waals surface area contributed by atoms with Crippen molar-refractivity contribution in [2.24, 2.45) is 0 Å². The van der Waals surface area contributed by atoms with Crippen molar-refractivity contribution in [3.63, 3.8) is 0 Å². The molecule has 0 aliphatic heterocycles. The fraction of sp³-hybridized carbons (Fsp3) is 0. The zero-order chi connectivity index (χ0) is 41.0. The van der Waals surface area contributed by atoms with Crippen LogP contribution in [0.15, 0.2) is 241 Å². The van der Waals surface area contributed by atoms with Crippen LogP contribution in [-0.4, -0.2) is 0 Å². The lowest BCUT2D eigenvalue weighted by molar-refractivity contribution is 0.670. The van der Waals surface area contributed by atoms with Crippen LogP contribution >= 0.6 is 0 Å². The molecule has 0 aliphatic rings. The van der Waals surface area contributed by atoms with Crippen LogP contribution in [0.4, 0.5) is 17.1 Å². The van der Waals surface area contributed by atoms with Gasteiger partial charge in [0.2, 0.25) is 0 Å². The number of hydrogen-bond donors (Lipinski definition) is 0. The number of rotatable bonds is 7. The molecule has 1 heterocycles. The van der Waals surface area contributed by atoms with E-state index in [1.54, 1.807) is 0 Å². The summed E-state index contributed by atoms with van der Waals surface area (Å²) in [5.41, 5.74) is 14.5. The first kappa shape index (κ1) is 35.7. The maximum Gasteiger partial charge on any atom is 0.143 e. The number of nitrogens with zero attached hydrogens (tertiary/aromatic N) is 1. The Hall–Kier alpha value is -8.20. The Labute approximate surface area is 360 Å². The number of benzene rings is 11. The number of hydrogen-bond acceptors (Lipinski definition) is 2. The number of fused-ring (bicyclic) bond motifs is 7. The van der Waals surface area contributed by atoms with Crippen molar-refractivity contribution in [3.8, 4) is 44.5 Å². The van der Waals surface area contributed by atoms with E-state index in [9.17, 15) is 0 Å². The van der Waals surface area contributed by atoms with Gasteiger partial charge in [0.05, 0.1) is 5.69 Å². The molecular formula is C60H39NO. The molecule has 0 spiro atoms. The van der Waals surface area contributed by atoms with Crippen molar-refractivity contribution in [1.29, 1.82) is 0 Å². The highest BCUT2D eigenvalue weighted by molar-refractivity contribution is 6.15. The van der Waals surface area contributed by atoms with Gasteiger partial charge in [0.15, 0.2) is 0 Å². The van der Waals surface area contributed by atoms with Gasteiger partial charge in [-0.05, 0) is 108 Å². The number of para-hydroxylation sites is 2. The summed E-state index contributed by atoms with van der Waals surface area (Å²) in [5, 5.41) is 9.66. The lowest BCUT2D eigenvalue weighted by Crippen LogP contribution is -2.10. The second-order valence-electron chi connectivity index (χ2n) is 16.0. The van der Waals surface area contributed by atoms with Crippen LogP contribution < -0.4 is 4.90 Å². The molecule has 0 amide bonds. The molecule has 0 atom stereocenters. The summed E-state index contributed by atoms with van der Waals surface area (Å²) in [5.74, 6) is 0. The third kappa shape index (κ3) is 6.04. The van der Waals surface area contributed by atoms with E-state index in [1.807, 2.05) is 12.1 Å². The second-order valence-corrected chi connectivity index (χ2v) is 16.0. The van der Waals surface area contributed by atoms with Crippen molar-refractivity contribution in [2.75, 3.05) is 4.90 Å². The molecule has 0 fully saturated rings. The molecule has 0 aliphatic carbocycles. The minimum atomic E-state index is 0.908. The van der Waals surface area contributed by atoms with E-state index in [2.05, 4.69) is 229 Å². The van der Waals surface area contributed by atoms with Crippen molar-refractivity contribution in [1.82, 2.24) is 0 Å². The van der Waals surface area contributed by atoms with Crippen molar-refractivity contribution >= 4 is 71.3 Å². The fourth-order valence-electron chi connectivity index (χ4n) is 9.51. The second kappa shape index (κ2) is 14.8. The largest absolute Gasteiger partial charge is 0.455 e. The lowest BCUT2D eigenvalue weighted by Gasteiger charge is -2.28. The topological polar surface area (TPSA) is 16.4 Å². The van der Waals surface area contributed by atoms with E-state index in [0.29, 0.717) is 0 Å². The maximum absolute atomic E-state index is 6.44. The van der Waals surface area contributed by atoms with Gasteiger partial charge in [-0.15, -0.1) is 0 Å². The maximum atomic E-state index is 6.44. The van der Waals surface area contributed by atoms with E-state index in [-0.39, 0.29) is 0 Å². The Kier molecular flexibility index (Phi) is 8.53. The number of furan rings is 1. The van der Waals surface area contributed by atoms with Crippen LogP contribution in [0.1, 0.15) is 0 Å². The molecule has 0 saturated carbocycles. The molecule has 0 N–H and O–H groups in total. The van der Waals surface area contributed by atoms with E-state index < -0.39 is 0 Å². The van der Waals surface area contributed by atoms with Crippen LogP contribution in [0, 0.1) is 0 Å². The molecule has 12 rings (SSSR count). The van der Waals surface area contributed by atoms with Crippen molar-refractivity contribution in [2.45, 2.75) is 0 Å². The lowest BCUT2D eigenvalue weighted by atomic mass is 9.89. The Morgan fingerprint density at radius 3 is 1.66 bits per heavy atom. The first-order valence-corrected chi connectivity index (χ1v) is 21.2. The van der Waals surface area contributed by atoms with Gasteiger partial charge in [-0.3, -0.25) is 0 Å². The Balaban J connectivity index is 0.979. The van der Waals surface area contributed by atoms with Gasteiger partial charge in [-0.25, -0.2) is 0 Å². The molecular weight excluding hydrogens is 751 g/mol. The predicted molar refractivity (Wildman–Crippen MR) is 263 cm³/mol. The first-order chi connectivity index (χ1) is 30.7. The van der Waals surface area contributed by atoms with Crippen LogP contribution in [0.2, 0.25) is 0 Å². The quantitative estimate of drug-likeness (QED) is 0.150. The van der Waals surface area contributed by atoms with E-state index >= 15 is 0 Å². The van der Waals surface area contributed by atoms with Crippen LogP contribution in [-0.2, 0) is 0 Å². The Bertz CT molecular complexity index is 3620. The van der Waals surface area contributed by atoms with Gasteiger partial charge < -0.3 is 9.32 Å². The predicted octanol–water partition coefficient (Wildman–Crippen LogP) is 17.2. The third-order valence-corrected chi connectivity index (χ3v) is 12.5. The first-order valence-electron chi connectivity index (χ1n) is 21.2. The van der Waals surface area contributed by atoms with E-state index in [4.69, 9.17) is 4.42 Å². The van der Waals surface area contributed by atoms with Gasteiger partial charge in [0.25, 0.3) is 0 Å². The summed E-state index contributed by atoms with van der Waals surface area (Å²) >= 11 is 0. The summed E-state index contributed by atoms with van der Waals surface area (Å²) in [6.07, 6.45) is 0. The highest BCUT2D eigenvalue weighted by atomic mass is 16.3. The fourth-order valence-corrected chi connectivity index (χ4v) is 9.51. The molecule has 12 aromatic rings. The molecule has 290 valence electrons. The molecule has 11 aromatic carbocycles. The molecule has 0 saturated heterocycles. The monoisotopic (exact) mass is 789 g/mol. The Morgan fingerprint density at radius 2 is 0.871 bits per heavy atom. The summed E-state index contributed by atoms with van der Waals surface area (Å²) < 4.78 is 6.44. The third-order valence-electron chi connectivity index (χ3n) is 12.5. The zero-order valence-corrected chi connectivity index (χ0v) is 33.9. The minimum absolute atomic E-state index is 0.908. The number of anilines is 3. The van der Waals surface area contributed by atoms with Gasteiger partial charge in [0, 0.05) is 33.1 Å². The minimum Gasteiger partial charge on any atom is -0.455 e. The van der Waals surface area contributed by atoms with Crippen LogP contribution in [0.5, 0.6) is 0 Å². The van der Waals surface area contributed by atoms with Crippen LogP contribution in [0.3, 0.4) is 0 Å². The standard InChI is InChI=1S/C60H39NO/c1-2-15-43(16-3-1)59-50-21-7-4-14-41(50)32-37-51(59)42-30-35-48(36-31-42)61(57-39-46-17-5-6-20-49(46)53-22-8-9-23-54(53)57)47-33-28-40(29-34-47)44-18-12-19-45(38-44)52-25-13-26-56-55-24-10-11-27-58(55)62-60(52)56/h1-39H. The summed E-state index contributed by atoms with van der Waals surface area (Å²) in [6, 6.07) is 85.5. The highest BCUT2D eigenvalue weighted by Crippen LogP contribution is 2.45. The summed E-state index contributed by atoms with van der Waals surface area (Å²) in [6.45, 7) is 0. The van der Waals surface area contributed by atoms with Gasteiger partial charge >= 0.3 is 0 Å². The summed E-state index contributed by atoms with van der Waals surface area (Å²) in [4.78, 5) is 2.42. The average molecular weight is 790 g/mol. The van der Waals surface area contributed by atoms with Crippen molar-refractivity contribution in [3.05, 3.63) is 237 Å². The van der Waals surface area contributed by atoms with E-state index in [1.165, 1.54) is 54.6 Å². The smallest absolute Gasteiger partial charge is 0.143 e. The SMILES string of the molecule is c1ccc(-c2c(-c3ccc(N(c4ccc(-c5cccc(-c6cccc7c6oc6ccccc67)c5)cc4)c4cc5ccccc5c5ccccc45)cc3)ccc3ccccc23)cc1. The molecule has 1 aromatic heterocycles. The van der Waals surface area contributed by atoms with Gasteiger partial charge in [-0.2, -0.15) is 0 Å². The summed E-state index contributed by atoms with van der Waals surface area (Å²) in [7, 11) is 0. The Morgan fingerprint density at radius 1 is 0.290 bits per heavy atom. The normalized spacial score (nSPS) is 11.5. The molecule has 0 bridgehead atoms.